The Bertz CT molecular complexity index is 955. The smallest absolute Gasteiger partial charge is 0.155 e. The largest absolute Gasteiger partial charge is 0.343 e. The van der Waals surface area contributed by atoms with Crippen LogP contribution >= 0.6 is 0 Å². The highest BCUT2D eigenvalue weighted by Crippen LogP contribution is 2.17. The molecule has 0 amide bonds. The molecular formula is C18H16N6. The van der Waals surface area contributed by atoms with Crippen molar-refractivity contribution in [2.24, 2.45) is 0 Å². The van der Waals surface area contributed by atoms with Crippen molar-refractivity contribution >= 4 is 0 Å². The number of nitrogens with zero attached hydrogens (tertiary/aromatic N) is 4. The first kappa shape index (κ1) is 14.3. The average Bonchev–Trinajstić information content (AvgIpc) is 3.27. The van der Waals surface area contributed by atoms with Gasteiger partial charge in [0.15, 0.2) is 5.82 Å². The van der Waals surface area contributed by atoms with Gasteiger partial charge < -0.3 is 4.98 Å². The van der Waals surface area contributed by atoms with Crippen LogP contribution in [0.25, 0.3) is 22.9 Å². The fourth-order valence-corrected chi connectivity index (χ4v) is 2.57. The Labute approximate surface area is 139 Å². The van der Waals surface area contributed by atoms with Gasteiger partial charge in [0.1, 0.15) is 11.4 Å². The Morgan fingerprint density at radius 1 is 0.917 bits per heavy atom. The van der Waals surface area contributed by atoms with Gasteiger partial charge in [-0.1, -0.05) is 12.1 Å². The Morgan fingerprint density at radius 2 is 1.67 bits per heavy atom. The molecule has 4 heterocycles. The van der Waals surface area contributed by atoms with E-state index in [1.54, 1.807) is 12.4 Å². The summed E-state index contributed by atoms with van der Waals surface area (Å²) in [6.07, 6.45) is 4.17. The lowest BCUT2D eigenvalue weighted by Crippen LogP contribution is -1.98. The first-order valence-corrected chi connectivity index (χ1v) is 7.72. The van der Waals surface area contributed by atoms with Crippen molar-refractivity contribution in [2.45, 2.75) is 13.3 Å². The third kappa shape index (κ3) is 2.94. The van der Waals surface area contributed by atoms with Crippen LogP contribution < -0.4 is 0 Å². The fraction of sp³-hybridized carbons (Fsp3) is 0.111. The first-order chi connectivity index (χ1) is 11.8. The molecule has 0 spiro atoms. The van der Waals surface area contributed by atoms with E-state index in [-0.39, 0.29) is 0 Å². The molecule has 24 heavy (non-hydrogen) atoms. The summed E-state index contributed by atoms with van der Waals surface area (Å²) in [5, 5.41) is 7.21. The zero-order valence-corrected chi connectivity index (χ0v) is 13.2. The lowest BCUT2D eigenvalue weighted by molar-refractivity contribution is 1.00. The number of rotatable bonds is 4. The van der Waals surface area contributed by atoms with Crippen LogP contribution in [0.4, 0.5) is 0 Å². The maximum Gasteiger partial charge on any atom is 0.155 e. The van der Waals surface area contributed by atoms with E-state index in [2.05, 4.69) is 25.1 Å². The summed E-state index contributed by atoms with van der Waals surface area (Å²) in [6, 6.07) is 13.9. The van der Waals surface area contributed by atoms with Crippen LogP contribution in [-0.4, -0.2) is 30.1 Å². The zero-order chi connectivity index (χ0) is 16.4. The van der Waals surface area contributed by atoms with E-state index in [0.29, 0.717) is 6.42 Å². The molecule has 6 heteroatoms. The van der Waals surface area contributed by atoms with Gasteiger partial charge in [-0.3, -0.25) is 10.1 Å². The first-order valence-electron chi connectivity index (χ1n) is 7.72. The minimum absolute atomic E-state index is 0.659. The van der Waals surface area contributed by atoms with Crippen LogP contribution in [0.2, 0.25) is 0 Å². The summed E-state index contributed by atoms with van der Waals surface area (Å²) < 4.78 is 0. The summed E-state index contributed by atoms with van der Waals surface area (Å²) >= 11 is 0. The SMILES string of the molecule is Cc1cc(-c2cccc(Cc3cccc(-c4ncc[nH]4)n3)n2)n[nH]1. The molecule has 2 N–H and O–H groups in total. The van der Waals surface area contributed by atoms with Gasteiger partial charge in [-0.2, -0.15) is 5.10 Å². The van der Waals surface area contributed by atoms with Crippen molar-refractivity contribution in [3.8, 4) is 22.9 Å². The molecule has 4 rings (SSSR count). The third-order valence-electron chi connectivity index (χ3n) is 3.68. The van der Waals surface area contributed by atoms with E-state index in [4.69, 9.17) is 4.98 Å². The van der Waals surface area contributed by atoms with Gasteiger partial charge in [0.05, 0.1) is 5.69 Å². The molecular weight excluding hydrogens is 300 g/mol. The predicted octanol–water partition coefficient (Wildman–Crippen LogP) is 3.16. The quantitative estimate of drug-likeness (QED) is 0.606. The van der Waals surface area contributed by atoms with Gasteiger partial charge in [0.2, 0.25) is 0 Å². The molecule has 0 unspecified atom stereocenters. The number of nitrogens with one attached hydrogen (secondary N) is 2. The summed E-state index contributed by atoms with van der Waals surface area (Å²) in [6.45, 7) is 1.98. The minimum Gasteiger partial charge on any atom is -0.343 e. The molecule has 0 aliphatic heterocycles. The summed E-state index contributed by atoms with van der Waals surface area (Å²) in [5.41, 5.74) is 5.47. The molecule has 0 saturated carbocycles. The summed E-state index contributed by atoms with van der Waals surface area (Å²) in [4.78, 5) is 16.7. The molecule has 0 fully saturated rings. The second kappa shape index (κ2) is 6.08. The third-order valence-corrected chi connectivity index (χ3v) is 3.68. The molecule has 118 valence electrons. The maximum atomic E-state index is 4.70. The number of H-pyrrole nitrogens is 2. The Kier molecular flexibility index (Phi) is 3.63. The van der Waals surface area contributed by atoms with Crippen molar-refractivity contribution in [3.63, 3.8) is 0 Å². The average molecular weight is 316 g/mol. The van der Waals surface area contributed by atoms with Crippen LogP contribution in [-0.2, 0) is 6.42 Å². The number of hydrogen-bond acceptors (Lipinski definition) is 4. The van der Waals surface area contributed by atoms with Gasteiger partial charge in [-0.25, -0.2) is 9.97 Å². The van der Waals surface area contributed by atoms with E-state index in [1.807, 2.05) is 49.4 Å². The van der Waals surface area contributed by atoms with E-state index in [9.17, 15) is 0 Å². The monoisotopic (exact) mass is 316 g/mol. The second-order valence-electron chi connectivity index (χ2n) is 5.58. The number of pyridine rings is 2. The highest BCUT2D eigenvalue weighted by molar-refractivity contribution is 5.54. The van der Waals surface area contributed by atoms with Crippen LogP contribution in [0.5, 0.6) is 0 Å². The molecule has 4 aromatic rings. The lowest BCUT2D eigenvalue weighted by Gasteiger charge is -2.04. The summed E-state index contributed by atoms with van der Waals surface area (Å²) in [7, 11) is 0. The number of aryl methyl sites for hydroxylation is 1. The number of imidazole rings is 1. The van der Waals surface area contributed by atoms with Crippen LogP contribution in [0.1, 0.15) is 17.1 Å². The molecule has 0 aliphatic rings. The molecule has 6 nitrogen and oxygen atoms in total. The Morgan fingerprint density at radius 3 is 2.33 bits per heavy atom. The van der Waals surface area contributed by atoms with Crippen LogP contribution in [0.3, 0.4) is 0 Å². The highest BCUT2D eigenvalue weighted by atomic mass is 15.1. The van der Waals surface area contributed by atoms with Crippen molar-refractivity contribution in [2.75, 3.05) is 0 Å². The van der Waals surface area contributed by atoms with Crippen molar-refractivity contribution in [3.05, 3.63) is 71.9 Å². The van der Waals surface area contributed by atoms with E-state index in [1.165, 1.54) is 0 Å². The Hall–Kier alpha value is -3.28. The molecule has 0 aliphatic carbocycles. The minimum atomic E-state index is 0.659. The van der Waals surface area contributed by atoms with Crippen molar-refractivity contribution < 1.29 is 0 Å². The normalized spacial score (nSPS) is 10.9. The second-order valence-corrected chi connectivity index (χ2v) is 5.58. The molecule has 0 saturated heterocycles. The van der Waals surface area contributed by atoms with Gasteiger partial charge >= 0.3 is 0 Å². The van der Waals surface area contributed by atoms with Gasteiger partial charge in [0.25, 0.3) is 0 Å². The predicted molar refractivity (Wildman–Crippen MR) is 91.2 cm³/mol. The number of aromatic nitrogens is 6. The van der Waals surface area contributed by atoms with Crippen molar-refractivity contribution in [1.82, 2.24) is 30.1 Å². The van der Waals surface area contributed by atoms with E-state index >= 15 is 0 Å². The molecule has 4 aromatic heterocycles. The summed E-state index contributed by atoms with van der Waals surface area (Å²) in [5.74, 6) is 0.769. The highest BCUT2D eigenvalue weighted by Gasteiger charge is 2.07. The van der Waals surface area contributed by atoms with E-state index in [0.717, 1.165) is 40.0 Å². The van der Waals surface area contributed by atoms with Crippen molar-refractivity contribution in [1.29, 1.82) is 0 Å². The maximum absolute atomic E-state index is 4.70. The standard InChI is InChI=1S/C18H16N6/c1-12-10-17(24-23-12)15-6-2-4-13(21-15)11-14-5-3-7-16(22-14)18-19-8-9-20-18/h2-10H,11H2,1H3,(H,19,20)(H,23,24). The van der Waals surface area contributed by atoms with Gasteiger partial charge in [-0.15, -0.1) is 0 Å². The topological polar surface area (TPSA) is 83.1 Å². The van der Waals surface area contributed by atoms with Crippen LogP contribution in [0.15, 0.2) is 54.9 Å². The lowest BCUT2D eigenvalue weighted by atomic mass is 10.1. The number of hydrogen-bond donors (Lipinski definition) is 2. The molecule has 0 aromatic carbocycles. The molecule has 0 bridgehead atoms. The van der Waals surface area contributed by atoms with Gasteiger partial charge in [0, 0.05) is 35.9 Å². The van der Waals surface area contributed by atoms with E-state index < -0.39 is 0 Å². The van der Waals surface area contributed by atoms with Gasteiger partial charge in [-0.05, 0) is 37.3 Å². The zero-order valence-electron chi connectivity index (χ0n) is 13.2. The molecule has 0 radical (unpaired) electrons. The molecule has 0 atom stereocenters. The van der Waals surface area contributed by atoms with Crippen LogP contribution in [0, 0.1) is 6.92 Å². The fourth-order valence-electron chi connectivity index (χ4n) is 2.57. The Balaban J connectivity index is 1.61. The number of aromatic amines is 2.